The van der Waals surface area contributed by atoms with Gasteiger partial charge in [0.15, 0.2) is 0 Å². The Bertz CT molecular complexity index is 342. The van der Waals surface area contributed by atoms with Crippen LogP contribution in [-0.4, -0.2) is 11.5 Å². The van der Waals surface area contributed by atoms with Crippen LogP contribution in [0, 0.1) is 0 Å². The van der Waals surface area contributed by atoms with Gasteiger partial charge in [-0.15, -0.1) is 0 Å². The largest absolute Gasteiger partial charge is 0.309 e. The van der Waals surface area contributed by atoms with E-state index in [4.69, 9.17) is 23.2 Å². The summed E-state index contributed by atoms with van der Waals surface area (Å²) in [4.78, 5) is 4.35. The van der Waals surface area contributed by atoms with Crippen molar-refractivity contribution in [2.24, 2.45) is 0 Å². The Morgan fingerprint density at radius 2 is 2.06 bits per heavy atom. The summed E-state index contributed by atoms with van der Waals surface area (Å²) in [5.74, 6) is 0. The maximum atomic E-state index is 6.19. The summed E-state index contributed by atoms with van der Waals surface area (Å²) in [5.41, 5.74) is 0.911. The highest BCUT2D eigenvalue weighted by molar-refractivity contribution is 6.34. The Hall–Kier alpha value is -0.310. The lowest BCUT2D eigenvalue weighted by Crippen LogP contribution is -2.22. The molecule has 0 saturated carbocycles. The smallest absolute Gasteiger partial charge is 0.0760 e. The highest BCUT2D eigenvalue weighted by atomic mass is 35.5. The molecule has 0 amide bonds. The highest BCUT2D eigenvalue weighted by Gasteiger charge is 2.15. The van der Waals surface area contributed by atoms with Crippen molar-refractivity contribution >= 4 is 23.2 Å². The summed E-state index contributed by atoms with van der Waals surface area (Å²) < 4.78 is 0. The van der Waals surface area contributed by atoms with Crippen LogP contribution >= 0.6 is 23.2 Å². The normalized spacial score (nSPS) is 12.7. The number of rotatable bonds is 7. The van der Waals surface area contributed by atoms with Crippen molar-refractivity contribution in [3.8, 4) is 0 Å². The Kier molecular flexibility index (Phi) is 6.86. The molecule has 2 nitrogen and oxygen atoms in total. The van der Waals surface area contributed by atoms with Crippen LogP contribution in [0.4, 0.5) is 0 Å². The summed E-state index contributed by atoms with van der Waals surface area (Å²) in [6, 6.07) is 1.99. The van der Waals surface area contributed by atoms with Gasteiger partial charge in [-0.1, -0.05) is 56.3 Å². The van der Waals surface area contributed by atoms with E-state index in [-0.39, 0.29) is 6.04 Å². The van der Waals surface area contributed by atoms with Crippen LogP contribution in [0.5, 0.6) is 0 Å². The molecule has 0 aliphatic rings. The molecule has 1 aromatic rings. The molecule has 0 aromatic carbocycles. The van der Waals surface area contributed by atoms with E-state index in [0.29, 0.717) is 10.0 Å². The molecule has 1 heterocycles. The maximum absolute atomic E-state index is 6.19. The number of nitrogens with one attached hydrogen (secondary N) is 1. The number of aromatic nitrogens is 1. The minimum Gasteiger partial charge on any atom is -0.309 e. The molecule has 0 radical (unpaired) electrons. The lowest BCUT2D eigenvalue weighted by atomic mass is 10.0. The number of halogens is 2. The van der Waals surface area contributed by atoms with Gasteiger partial charge in [0.2, 0.25) is 0 Å². The zero-order chi connectivity index (χ0) is 12.7. The molecule has 0 fully saturated rings. The molecule has 17 heavy (non-hydrogen) atoms. The van der Waals surface area contributed by atoms with Crippen LogP contribution in [0.25, 0.3) is 0 Å². The fourth-order valence-corrected chi connectivity index (χ4v) is 2.37. The molecule has 1 aromatic heterocycles. The van der Waals surface area contributed by atoms with Gasteiger partial charge in [-0.3, -0.25) is 4.98 Å². The number of pyridine rings is 1. The third kappa shape index (κ3) is 4.82. The van der Waals surface area contributed by atoms with Gasteiger partial charge in [-0.2, -0.15) is 0 Å². The topological polar surface area (TPSA) is 24.9 Å². The fourth-order valence-electron chi connectivity index (χ4n) is 1.86. The molecular formula is C13H20Cl2N2. The van der Waals surface area contributed by atoms with E-state index in [1.165, 1.54) is 19.3 Å². The van der Waals surface area contributed by atoms with Crippen LogP contribution in [-0.2, 0) is 0 Å². The van der Waals surface area contributed by atoms with Crippen molar-refractivity contribution in [3.63, 3.8) is 0 Å². The minimum atomic E-state index is 0.233. The Morgan fingerprint density at radius 1 is 1.29 bits per heavy atom. The van der Waals surface area contributed by atoms with Gasteiger partial charge in [0.1, 0.15) is 0 Å². The van der Waals surface area contributed by atoms with Crippen LogP contribution in [0.3, 0.4) is 0 Å². The molecular weight excluding hydrogens is 255 g/mol. The van der Waals surface area contributed by atoms with Gasteiger partial charge < -0.3 is 5.32 Å². The second kappa shape index (κ2) is 7.91. The molecule has 96 valence electrons. The first kappa shape index (κ1) is 14.7. The molecule has 0 spiro atoms. The van der Waals surface area contributed by atoms with E-state index < -0.39 is 0 Å². The van der Waals surface area contributed by atoms with Crippen LogP contribution < -0.4 is 5.32 Å². The van der Waals surface area contributed by atoms with Gasteiger partial charge in [0.25, 0.3) is 0 Å². The number of hydrogen-bond donors (Lipinski definition) is 1. The quantitative estimate of drug-likeness (QED) is 0.734. The summed E-state index contributed by atoms with van der Waals surface area (Å²) in [6.07, 6.45) is 6.38. The zero-order valence-electron chi connectivity index (χ0n) is 10.5. The summed E-state index contributed by atoms with van der Waals surface area (Å²) >= 11 is 12.0. The van der Waals surface area contributed by atoms with E-state index in [9.17, 15) is 0 Å². The van der Waals surface area contributed by atoms with E-state index in [2.05, 4.69) is 24.1 Å². The predicted octanol–water partition coefficient (Wildman–Crippen LogP) is 4.62. The van der Waals surface area contributed by atoms with Gasteiger partial charge in [-0.05, 0) is 19.0 Å². The predicted molar refractivity (Wildman–Crippen MR) is 74.8 cm³/mol. The van der Waals surface area contributed by atoms with Crippen LogP contribution in [0.1, 0.15) is 51.3 Å². The van der Waals surface area contributed by atoms with Gasteiger partial charge in [0.05, 0.1) is 21.8 Å². The average Bonchev–Trinajstić information content (AvgIpc) is 2.28. The van der Waals surface area contributed by atoms with Crippen molar-refractivity contribution in [3.05, 3.63) is 28.0 Å². The molecule has 0 saturated heterocycles. The summed E-state index contributed by atoms with van der Waals surface area (Å²) in [6.45, 7) is 5.21. The van der Waals surface area contributed by atoms with Gasteiger partial charge in [0, 0.05) is 6.20 Å². The average molecular weight is 275 g/mol. The molecule has 4 heteroatoms. The number of nitrogens with zero attached hydrogens (tertiary/aromatic N) is 1. The fraction of sp³-hybridized carbons (Fsp3) is 0.615. The number of unbranched alkanes of at least 4 members (excludes halogenated alkanes) is 2. The lowest BCUT2D eigenvalue weighted by Gasteiger charge is -2.18. The second-order valence-electron chi connectivity index (χ2n) is 4.13. The first-order valence-electron chi connectivity index (χ1n) is 6.23. The minimum absolute atomic E-state index is 0.233. The van der Waals surface area contributed by atoms with Crippen molar-refractivity contribution in [1.29, 1.82) is 0 Å². The molecule has 0 bridgehead atoms. The number of hydrogen-bond acceptors (Lipinski definition) is 2. The van der Waals surface area contributed by atoms with Crippen molar-refractivity contribution in [2.45, 2.75) is 45.6 Å². The van der Waals surface area contributed by atoms with Crippen molar-refractivity contribution in [2.75, 3.05) is 6.54 Å². The maximum Gasteiger partial charge on any atom is 0.0760 e. The van der Waals surface area contributed by atoms with Crippen molar-refractivity contribution < 1.29 is 0 Å². The highest BCUT2D eigenvalue weighted by Crippen LogP contribution is 2.27. The standard InChI is InChI=1S/C13H20Cl2N2/c1-3-5-6-7-12(16-4-2)13-11(15)8-10(14)9-17-13/h8-9,12,16H,3-7H2,1-2H3. The zero-order valence-corrected chi connectivity index (χ0v) is 12.0. The monoisotopic (exact) mass is 274 g/mol. The van der Waals surface area contributed by atoms with Crippen LogP contribution in [0.2, 0.25) is 10.0 Å². The third-order valence-electron chi connectivity index (χ3n) is 2.71. The van der Waals surface area contributed by atoms with E-state index >= 15 is 0 Å². The lowest BCUT2D eigenvalue weighted by molar-refractivity contribution is 0.477. The van der Waals surface area contributed by atoms with E-state index in [1.54, 1.807) is 12.3 Å². The second-order valence-corrected chi connectivity index (χ2v) is 4.97. The Labute approximate surface area is 114 Å². The van der Waals surface area contributed by atoms with Gasteiger partial charge in [-0.25, -0.2) is 0 Å². The van der Waals surface area contributed by atoms with E-state index in [0.717, 1.165) is 18.7 Å². The Balaban J connectivity index is 2.74. The third-order valence-corrected chi connectivity index (χ3v) is 3.22. The van der Waals surface area contributed by atoms with Crippen LogP contribution in [0.15, 0.2) is 12.3 Å². The molecule has 1 unspecified atom stereocenters. The summed E-state index contributed by atoms with van der Waals surface area (Å²) in [7, 11) is 0. The summed E-state index contributed by atoms with van der Waals surface area (Å²) in [5, 5.41) is 4.67. The molecule has 1 atom stereocenters. The molecule has 0 aliphatic carbocycles. The molecule has 1 N–H and O–H groups in total. The first-order valence-corrected chi connectivity index (χ1v) is 6.99. The van der Waals surface area contributed by atoms with E-state index in [1.807, 2.05) is 0 Å². The van der Waals surface area contributed by atoms with Gasteiger partial charge >= 0.3 is 0 Å². The Morgan fingerprint density at radius 3 is 2.65 bits per heavy atom. The molecule has 1 rings (SSSR count). The SMILES string of the molecule is CCCCCC(NCC)c1ncc(Cl)cc1Cl. The van der Waals surface area contributed by atoms with Crippen molar-refractivity contribution in [1.82, 2.24) is 10.3 Å². The first-order chi connectivity index (χ1) is 8.19. The molecule has 0 aliphatic heterocycles.